The van der Waals surface area contributed by atoms with Crippen molar-refractivity contribution in [3.05, 3.63) is 46.1 Å². The molecule has 6 heteroatoms. The lowest BCUT2D eigenvalue weighted by molar-refractivity contribution is 0.0959. The fraction of sp³-hybridized carbons (Fsp3) is 0.143. The zero-order valence-electron chi connectivity index (χ0n) is 10.6. The number of carbonyl (C=O) groups is 1. The maximum Gasteiger partial charge on any atom is 0.261 e. The van der Waals surface area contributed by atoms with Gasteiger partial charge in [-0.1, -0.05) is 6.07 Å². The molecule has 1 amide bonds. The Morgan fingerprint density at radius 3 is 2.95 bits per heavy atom. The van der Waals surface area contributed by atoms with Crippen LogP contribution in [0.1, 0.15) is 9.67 Å². The van der Waals surface area contributed by atoms with Gasteiger partial charge < -0.3 is 10.6 Å². The summed E-state index contributed by atoms with van der Waals surface area (Å²) >= 11 is 3.12. The van der Waals surface area contributed by atoms with Crippen LogP contribution in [0.3, 0.4) is 0 Å². The molecule has 102 valence electrons. The number of carbonyl (C=O) groups excluding carboxylic acids is 1. The molecule has 20 heavy (non-hydrogen) atoms. The highest BCUT2D eigenvalue weighted by Gasteiger charge is 2.05. The van der Waals surface area contributed by atoms with Gasteiger partial charge in [-0.25, -0.2) is 0 Å². The number of nitrogens with one attached hydrogen (secondary N) is 2. The highest BCUT2D eigenvalue weighted by Crippen LogP contribution is 2.26. The molecule has 2 N–H and O–H groups in total. The SMILES string of the molecule is O=C(NCCNc1ccnc2ccsc12)c1cccs1. The molecule has 4 nitrogen and oxygen atoms in total. The minimum Gasteiger partial charge on any atom is -0.382 e. The molecule has 3 heterocycles. The first kappa shape index (κ1) is 13.1. The number of aromatic nitrogens is 1. The van der Waals surface area contributed by atoms with E-state index in [0.717, 1.165) is 20.8 Å². The molecule has 0 atom stereocenters. The molecule has 0 fully saturated rings. The average molecular weight is 303 g/mol. The molecule has 0 saturated heterocycles. The summed E-state index contributed by atoms with van der Waals surface area (Å²) in [4.78, 5) is 16.8. The van der Waals surface area contributed by atoms with Crippen molar-refractivity contribution in [2.75, 3.05) is 18.4 Å². The van der Waals surface area contributed by atoms with Crippen LogP contribution >= 0.6 is 22.7 Å². The van der Waals surface area contributed by atoms with Crippen molar-refractivity contribution >= 4 is 44.5 Å². The second kappa shape index (κ2) is 6.02. The molecular formula is C14H13N3OS2. The van der Waals surface area contributed by atoms with Gasteiger partial charge in [-0.05, 0) is 29.0 Å². The predicted molar refractivity (Wildman–Crippen MR) is 84.8 cm³/mol. The summed E-state index contributed by atoms with van der Waals surface area (Å²) in [6, 6.07) is 7.66. The highest BCUT2D eigenvalue weighted by atomic mass is 32.1. The maximum absolute atomic E-state index is 11.8. The van der Waals surface area contributed by atoms with E-state index < -0.39 is 0 Å². The Bertz CT molecular complexity index is 706. The number of hydrogen-bond donors (Lipinski definition) is 2. The van der Waals surface area contributed by atoms with E-state index in [0.29, 0.717) is 13.1 Å². The molecule has 0 radical (unpaired) electrons. The largest absolute Gasteiger partial charge is 0.382 e. The Morgan fingerprint density at radius 1 is 1.15 bits per heavy atom. The van der Waals surface area contributed by atoms with Gasteiger partial charge in [0.05, 0.1) is 20.8 Å². The van der Waals surface area contributed by atoms with Gasteiger partial charge in [-0.3, -0.25) is 9.78 Å². The first-order valence-corrected chi connectivity index (χ1v) is 7.98. The van der Waals surface area contributed by atoms with Gasteiger partial charge in [0.1, 0.15) is 0 Å². The van der Waals surface area contributed by atoms with Crippen LogP contribution in [0, 0.1) is 0 Å². The summed E-state index contributed by atoms with van der Waals surface area (Å²) in [5.74, 6) is -0.0159. The number of thiophene rings is 2. The van der Waals surface area contributed by atoms with Gasteiger partial charge in [-0.15, -0.1) is 22.7 Å². The third-order valence-electron chi connectivity index (χ3n) is 2.81. The summed E-state index contributed by atoms with van der Waals surface area (Å²) < 4.78 is 1.15. The number of amides is 1. The molecular weight excluding hydrogens is 290 g/mol. The van der Waals surface area contributed by atoms with Crippen molar-refractivity contribution in [1.82, 2.24) is 10.3 Å². The van der Waals surface area contributed by atoms with Crippen molar-refractivity contribution in [3.8, 4) is 0 Å². The quantitative estimate of drug-likeness (QED) is 0.712. The minimum atomic E-state index is -0.0159. The van der Waals surface area contributed by atoms with E-state index in [4.69, 9.17) is 0 Å². The molecule has 0 saturated carbocycles. The monoisotopic (exact) mass is 303 g/mol. The van der Waals surface area contributed by atoms with Crippen LogP contribution in [-0.2, 0) is 0 Å². The molecule has 0 aliphatic heterocycles. The number of fused-ring (bicyclic) bond motifs is 1. The molecule has 0 aliphatic rings. The number of hydrogen-bond acceptors (Lipinski definition) is 5. The van der Waals surface area contributed by atoms with E-state index in [-0.39, 0.29) is 5.91 Å². The van der Waals surface area contributed by atoms with E-state index in [1.807, 2.05) is 35.0 Å². The third kappa shape index (κ3) is 2.81. The van der Waals surface area contributed by atoms with Crippen molar-refractivity contribution < 1.29 is 4.79 Å². The van der Waals surface area contributed by atoms with Gasteiger partial charge in [0.2, 0.25) is 0 Å². The van der Waals surface area contributed by atoms with E-state index in [1.54, 1.807) is 17.5 Å². The van der Waals surface area contributed by atoms with Crippen LogP contribution in [0.15, 0.2) is 41.2 Å². The van der Waals surface area contributed by atoms with Crippen LogP contribution in [-0.4, -0.2) is 24.0 Å². The second-order valence-electron chi connectivity index (χ2n) is 4.15. The molecule has 0 aromatic carbocycles. The second-order valence-corrected chi connectivity index (χ2v) is 6.02. The molecule has 0 bridgehead atoms. The Labute approximate surface area is 124 Å². The van der Waals surface area contributed by atoms with Gasteiger partial charge in [0.25, 0.3) is 5.91 Å². The van der Waals surface area contributed by atoms with Gasteiger partial charge >= 0.3 is 0 Å². The lowest BCUT2D eigenvalue weighted by Crippen LogP contribution is -2.28. The molecule has 3 aromatic rings. The maximum atomic E-state index is 11.8. The van der Waals surface area contributed by atoms with E-state index in [1.165, 1.54) is 11.3 Å². The zero-order chi connectivity index (χ0) is 13.8. The van der Waals surface area contributed by atoms with Crippen molar-refractivity contribution in [2.24, 2.45) is 0 Å². The number of nitrogens with zero attached hydrogens (tertiary/aromatic N) is 1. The summed E-state index contributed by atoms with van der Waals surface area (Å²) in [6.45, 7) is 1.28. The third-order valence-corrected chi connectivity index (χ3v) is 4.62. The Balaban J connectivity index is 1.53. The standard InChI is InChI=1S/C14H13N3OS2/c18-14(12-2-1-8-19-12)17-7-6-16-10-3-5-15-11-4-9-20-13(10)11/h1-5,8-9H,6-7H2,(H,15,16)(H,17,18). The van der Waals surface area contributed by atoms with Crippen LogP contribution in [0.25, 0.3) is 10.2 Å². The van der Waals surface area contributed by atoms with Crippen LogP contribution in [0.4, 0.5) is 5.69 Å². The molecule has 0 spiro atoms. The fourth-order valence-electron chi connectivity index (χ4n) is 1.88. The number of pyridine rings is 1. The molecule has 0 aliphatic carbocycles. The van der Waals surface area contributed by atoms with E-state index in [2.05, 4.69) is 15.6 Å². The summed E-state index contributed by atoms with van der Waals surface area (Å²) in [7, 11) is 0. The molecule has 3 aromatic heterocycles. The molecule has 3 rings (SSSR count). The van der Waals surface area contributed by atoms with Crippen LogP contribution in [0.5, 0.6) is 0 Å². The Morgan fingerprint density at radius 2 is 2.10 bits per heavy atom. The van der Waals surface area contributed by atoms with Crippen LogP contribution in [0.2, 0.25) is 0 Å². The number of rotatable bonds is 5. The van der Waals surface area contributed by atoms with Gasteiger partial charge in [0.15, 0.2) is 0 Å². The van der Waals surface area contributed by atoms with Crippen LogP contribution < -0.4 is 10.6 Å². The summed E-state index contributed by atoms with van der Waals surface area (Å²) in [5, 5.41) is 10.2. The normalized spacial score (nSPS) is 10.6. The Kier molecular flexibility index (Phi) is 3.94. The zero-order valence-corrected chi connectivity index (χ0v) is 12.3. The lowest BCUT2D eigenvalue weighted by Gasteiger charge is -2.08. The predicted octanol–water partition coefficient (Wildman–Crippen LogP) is 3.20. The van der Waals surface area contributed by atoms with E-state index >= 15 is 0 Å². The molecule has 0 unspecified atom stereocenters. The first-order valence-electron chi connectivity index (χ1n) is 6.22. The van der Waals surface area contributed by atoms with Crippen molar-refractivity contribution in [2.45, 2.75) is 0 Å². The van der Waals surface area contributed by atoms with E-state index in [9.17, 15) is 4.79 Å². The summed E-state index contributed by atoms with van der Waals surface area (Å²) in [6.07, 6.45) is 1.79. The van der Waals surface area contributed by atoms with Gasteiger partial charge in [-0.2, -0.15) is 0 Å². The lowest BCUT2D eigenvalue weighted by atomic mass is 10.3. The van der Waals surface area contributed by atoms with Crippen molar-refractivity contribution in [1.29, 1.82) is 0 Å². The average Bonchev–Trinajstić information content (AvgIpc) is 3.13. The first-order chi connectivity index (χ1) is 9.84. The highest BCUT2D eigenvalue weighted by molar-refractivity contribution is 7.17. The number of anilines is 1. The Hall–Kier alpha value is -1.92. The summed E-state index contributed by atoms with van der Waals surface area (Å²) in [5.41, 5.74) is 2.07. The van der Waals surface area contributed by atoms with Gasteiger partial charge in [0, 0.05) is 19.3 Å². The minimum absolute atomic E-state index is 0.0159. The smallest absolute Gasteiger partial charge is 0.261 e. The fourth-order valence-corrected chi connectivity index (χ4v) is 3.36. The topological polar surface area (TPSA) is 54.0 Å². The van der Waals surface area contributed by atoms with Crippen molar-refractivity contribution in [3.63, 3.8) is 0 Å².